The van der Waals surface area contributed by atoms with Gasteiger partial charge in [-0.2, -0.15) is 15.5 Å². The van der Waals surface area contributed by atoms with E-state index in [1.807, 2.05) is 6.07 Å². The Balaban J connectivity index is 1.30. The molecule has 0 N–H and O–H groups in total. The summed E-state index contributed by atoms with van der Waals surface area (Å²) >= 11 is 0. The maximum absolute atomic E-state index is 14.8. The molecule has 1 aromatic carbocycles. The van der Waals surface area contributed by atoms with E-state index in [-0.39, 0.29) is 11.9 Å². The highest BCUT2D eigenvalue weighted by molar-refractivity contribution is 5.84. The van der Waals surface area contributed by atoms with E-state index >= 15 is 0 Å². The van der Waals surface area contributed by atoms with Crippen molar-refractivity contribution in [3.63, 3.8) is 0 Å². The Hall–Kier alpha value is -3.97. The predicted molar refractivity (Wildman–Crippen MR) is 142 cm³/mol. The van der Waals surface area contributed by atoms with Gasteiger partial charge in [0.15, 0.2) is 5.82 Å². The third-order valence-corrected chi connectivity index (χ3v) is 7.95. The monoisotopic (exact) mass is 514 g/mol. The Kier molecular flexibility index (Phi) is 6.03. The normalized spacial score (nSPS) is 20.0. The summed E-state index contributed by atoms with van der Waals surface area (Å²) in [5.74, 6) is 0.0662. The molecular formula is C28H31FN8O. The number of piperidine rings is 1. The van der Waals surface area contributed by atoms with E-state index in [9.17, 15) is 14.4 Å². The molecular weight excluding hydrogens is 483 g/mol. The van der Waals surface area contributed by atoms with Gasteiger partial charge in [-0.05, 0) is 56.0 Å². The fourth-order valence-electron chi connectivity index (χ4n) is 5.97. The number of halogens is 1. The van der Waals surface area contributed by atoms with E-state index in [1.54, 1.807) is 25.1 Å². The van der Waals surface area contributed by atoms with Crippen molar-refractivity contribution in [3.05, 3.63) is 59.3 Å². The van der Waals surface area contributed by atoms with Crippen molar-refractivity contribution in [2.24, 2.45) is 0 Å². The number of nitriles is 1. The van der Waals surface area contributed by atoms with Crippen LogP contribution >= 0.6 is 0 Å². The quantitative estimate of drug-likeness (QED) is 0.414. The zero-order chi connectivity index (χ0) is 26.6. The van der Waals surface area contributed by atoms with E-state index in [4.69, 9.17) is 5.10 Å². The number of hydrogen-bond donors (Lipinski definition) is 0. The first-order valence-electron chi connectivity index (χ1n) is 13.1. The van der Waals surface area contributed by atoms with E-state index in [0.29, 0.717) is 36.8 Å². The number of carbonyl (C=O) groups excluding carboxylic acids is 1. The molecule has 4 aromatic rings. The van der Waals surface area contributed by atoms with Crippen LogP contribution in [0.15, 0.2) is 36.5 Å². The van der Waals surface area contributed by atoms with Crippen LogP contribution in [0.1, 0.15) is 48.7 Å². The first-order chi connectivity index (χ1) is 18.3. The minimum Gasteiger partial charge on any atom is -0.362 e. The van der Waals surface area contributed by atoms with Gasteiger partial charge in [0, 0.05) is 32.6 Å². The summed E-state index contributed by atoms with van der Waals surface area (Å²) in [6.07, 6.45) is 3.33. The lowest BCUT2D eigenvalue weighted by molar-refractivity contribution is -0.130. The highest BCUT2D eigenvalue weighted by Gasteiger charge is 2.29. The Bertz CT molecular complexity index is 1580. The molecule has 2 atom stereocenters. The molecule has 0 spiro atoms. The molecule has 2 aliphatic rings. The molecule has 1 unspecified atom stereocenters. The number of rotatable bonds is 4. The lowest BCUT2D eigenvalue weighted by Crippen LogP contribution is -2.41. The largest absolute Gasteiger partial charge is 0.362 e. The minimum absolute atomic E-state index is 0.0819. The summed E-state index contributed by atoms with van der Waals surface area (Å²) in [5.41, 5.74) is 4.66. The predicted octanol–water partition coefficient (Wildman–Crippen LogP) is 3.54. The number of likely N-dealkylation sites (tertiary alicyclic amines) is 1. The molecule has 9 nitrogen and oxygen atoms in total. The van der Waals surface area contributed by atoms with Gasteiger partial charge in [0.2, 0.25) is 5.91 Å². The van der Waals surface area contributed by atoms with E-state index in [0.717, 1.165) is 54.4 Å². The molecule has 38 heavy (non-hydrogen) atoms. The van der Waals surface area contributed by atoms with Gasteiger partial charge in [-0.3, -0.25) is 14.4 Å². The summed E-state index contributed by atoms with van der Waals surface area (Å²) in [6, 6.07) is 12.2. The molecule has 6 rings (SSSR count). The number of pyridine rings is 1. The summed E-state index contributed by atoms with van der Waals surface area (Å²) in [7, 11) is 3.60. The first-order valence-corrected chi connectivity index (χ1v) is 13.1. The smallest absolute Gasteiger partial charge is 0.236 e. The molecule has 1 amide bonds. The fourth-order valence-corrected chi connectivity index (χ4v) is 5.97. The van der Waals surface area contributed by atoms with Crippen molar-refractivity contribution in [2.75, 3.05) is 45.2 Å². The molecule has 5 heterocycles. The van der Waals surface area contributed by atoms with Gasteiger partial charge >= 0.3 is 0 Å². The average Bonchev–Trinajstić information content (AvgIpc) is 3.49. The third kappa shape index (κ3) is 4.07. The second-order valence-corrected chi connectivity index (χ2v) is 10.7. The number of likely N-dealkylation sites (N-methyl/N-ethyl adjacent to an activating group) is 1. The minimum atomic E-state index is -0.438. The average molecular weight is 515 g/mol. The first kappa shape index (κ1) is 24.4. The third-order valence-electron chi connectivity index (χ3n) is 7.95. The summed E-state index contributed by atoms with van der Waals surface area (Å²) in [5, 5.41) is 19.6. The number of nitrogens with zero attached hydrogens (tertiary/aromatic N) is 8. The van der Waals surface area contributed by atoms with Crippen molar-refractivity contribution in [3.8, 4) is 6.07 Å². The summed E-state index contributed by atoms with van der Waals surface area (Å²) in [4.78, 5) is 18.3. The van der Waals surface area contributed by atoms with Crippen molar-refractivity contribution in [1.82, 2.24) is 29.2 Å². The maximum Gasteiger partial charge on any atom is 0.236 e. The van der Waals surface area contributed by atoms with Crippen LogP contribution in [0.4, 0.5) is 10.1 Å². The van der Waals surface area contributed by atoms with Crippen LogP contribution in [-0.4, -0.2) is 75.4 Å². The Labute approximate surface area is 220 Å². The van der Waals surface area contributed by atoms with Crippen LogP contribution in [0.5, 0.6) is 0 Å². The number of fused-ring (bicyclic) bond motifs is 4. The molecule has 196 valence electrons. The van der Waals surface area contributed by atoms with Gasteiger partial charge in [-0.1, -0.05) is 12.1 Å². The van der Waals surface area contributed by atoms with Crippen LogP contribution in [0.2, 0.25) is 0 Å². The van der Waals surface area contributed by atoms with Crippen LogP contribution in [0.25, 0.3) is 16.4 Å². The molecule has 3 aromatic heterocycles. The van der Waals surface area contributed by atoms with Gasteiger partial charge in [-0.15, -0.1) is 0 Å². The van der Waals surface area contributed by atoms with Crippen LogP contribution in [0.3, 0.4) is 0 Å². The van der Waals surface area contributed by atoms with Crippen molar-refractivity contribution in [2.45, 2.75) is 38.3 Å². The topological polar surface area (TPSA) is 85.7 Å². The molecule has 0 radical (unpaired) electrons. The Morgan fingerprint density at radius 1 is 1.24 bits per heavy atom. The standard InChI is InChI=1S/C28H31FN8O/c1-18-14-35(25-9-7-21(12-30)37-28(25)23(29)13-31-37)16-26-22-8-6-19(11-24(22)32-36(18)26)20-5-4-10-34(15-20)17-27(38)33(2)3/h6-9,11,13,18,20H,4-5,10,14-17H2,1-3H3/t18-,20?/m1/s1. The number of anilines is 1. The fraction of sp³-hybridized carbons (Fsp3) is 0.429. The van der Waals surface area contributed by atoms with Gasteiger partial charge in [0.1, 0.15) is 17.3 Å². The zero-order valence-electron chi connectivity index (χ0n) is 21.9. The van der Waals surface area contributed by atoms with Crippen molar-refractivity contribution >= 4 is 28.0 Å². The number of hydrogen-bond acceptors (Lipinski definition) is 6. The molecule has 1 saturated heterocycles. The number of amides is 1. The highest BCUT2D eigenvalue weighted by Crippen LogP contribution is 2.35. The van der Waals surface area contributed by atoms with Crippen LogP contribution in [-0.2, 0) is 11.3 Å². The molecule has 1 fully saturated rings. The van der Waals surface area contributed by atoms with Gasteiger partial charge < -0.3 is 9.80 Å². The molecule has 0 aliphatic carbocycles. The van der Waals surface area contributed by atoms with E-state index in [2.05, 4.69) is 50.8 Å². The maximum atomic E-state index is 14.8. The number of benzene rings is 1. The van der Waals surface area contributed by atoms with Gasteiger partial charge in [0.05, 0.1) is 42.2 Å². The van der Waals surface area contributed by atoms with Crippen LogP contribution < -0.4 is 4.90 Å². The zero-order valence-corrected chi connectivity index (χ0v) is 21.9. The lowest BCUT2D eigenvalue weighted by atomic mass is 9.90. The van der Waals surface area contributed by atoms with Crippen molar-refractivity contribution < 1.29 is 9.18 Å². The van der Waals surface area contributed by atoms with Crippen LogP contribution in [0, 0.1) is 17.1 Å². The van der Waals surface area contributed by atoms with E-state index < -0.39 is 5.82 Å². The number of carbonyl (C=O) groups is 1. The second-order valence-electron chi connectivity index (χ2n) is 10.7. The lowest BCUT2D eigenvalue weighted by Gasteiger charge is -2.34. The molecule has 0 saturated carbocycles. The second kappa shape index (κ2) is 9.40. The van der Waals surface area contributed by atoms with Gasteiger partial charge in [0.25, 0.3) is 0 Å². The van der Waals surface area contributed by atoms with E-state index in [1.165, 1.54) is 10.1 Å². The Morgan fingerprint density at radius 3 is 2.87 bits per heavy atom. The van der Waals surface area contributed by atoms with Gasteiger partial charge in [-0.25, -0.2) is 8.91 Å². The summed E-state index contributed by atoms with van der Waals surface area (Å²) < 4.78 is 18.2. The Morgan fingerprint density at radius 2 is 2.08 bits per heavy atom. The van der Waals surface area contributed by atoms with Crippen molar-refractivity contribution in [1.29, 1.82) is 5.26 Å². The highest BCUT2D eigenvalue weighted by atomic mass is 19.1. The SMILES string of the molecule is C[C@@H]1CN(c2ccc(C#N)n3ncc(F)c23)Cc2c3ccc(C4CCCN(CC(=O)N(C)C)C4)cc3nn21. The summed E-state index contributed by atoms with van der Waals surface area (Å²) in [6.45, 7) is 5.64. The molecule has 10 heteroatoms. The molecule has 0 bridgehead atoms. The number of aromatic nitrogens is 4. The molecule has 2 aliphatic heterocycles.